The van der Waals surface area contributed by atoms with Gasteiger partial charge in [0.25, 0.3) is 11.4 Å². The van der Waals surface area contributed by atoms with Gasteiger partial charge in [-0.2, -0.15) is 23.5 Å². The van der Waals surface area contributed by atoms with Crippen LogP contribution in [0, 0.1) is 20.2 Å². The number of hydrogen-bond donors (Lipinski definition) is 1. The van der Waals surface area contributed by atoms with Gasteiger partial charge in [-0.1, -0.05) is 0 Å². The van der Waals surface area contributed by atoms with Gasteiger partial charge in [-0.3, -0.25) is 20.2 Å². The van der Waals surface area contributed by atoms with Gasteiger partial charge in [-0.25, -0.2) is 0 Å². The molecular weight excluding hydrogens is 314 g/mol. The lowest BCUT2D eigenvalue weighted by molar-refractivity contribution is -0.394. The van der Waals surface area contributed by atoms with Gasteiger partial charge in [0.05, 0.1) is 15.9 Å². The van der Waals surface area contributed by atoms with Crippen LogP contribution < -0.4 is 5.32 Å². The van der Waals surface area contributed by atoms with E-state index in [1.807, 2.05) is 23.5 Å². The predicted molar refractivity (Wildman–Crippen MR) is 85.0 cm³/mol. The van der Waals surface area contributed by atoms with Gasteiger partial charge < -0.3 is 5.32 Å². The zero-order valence-corrected chi connectivity index (χ0v) is 12.8. The maximum atomic E-state index is 11.0. The molecule has 114 valence electrons. The van der Waals surface area contributed by atoms with E-state index in [-0.39, 0.29) is 11.4 Å². The zero-order valence-electron chi connectivity index (χ0n) is 11.2. The number of benzene rings is 1. The summed E-state index contributed by atoms with van der Waals surface area (Å²) in [5.41, 5.74) is 0.00567. The van der Waals surface area contributed by atoms with Gasteiger partial charge in [0.2, 0.25) is 0 Å². The van der Waals surface area contributed by atoms with Crippen LogP contribution in [0.1, 0.15) is 5.56 Å². The molecule has 9 heteroatoms. The van der Waals surface area contributed by atoms with Gasteiger partial charge in [0, 0.05) is 47.2 Å². The number of non-ortho nitro benzene ring substituents is 1. The van der Waals surface area contributed by atoms with Gasteiger partial charge >= 0.3 is 0 Å². The topological polar surface area (TPSA) is 98.3 Å². The second kappa shape index (κ2) is 7.62. The van der Waals surface area contributed by atoms with Crippen molar-refractivity contribution in [1.29, 1.82) is 0 Å². The summed E-state index contributed by atoms with van der Waals surface area (Å²) >= 11 is 3.83. The van der Waals surface area contributed by atoms with Crippen molar-refractivity contribution in [3.63, 3.8) is 0 Å². The fraction of sp³-hybridized carbons (Fsp3) is 0.500. The number of thioether (sulfide) groups is 2. The average Bonchev–Trinajstić information content (AvgIpc) is 2.48. The fourth-order valence-electron chi connectivity index (χ4n) is 2.01. The molecule has 1 unspecified atom stereocenters. The van der Waals surface area contributed by atoms with Crippen LogP contribution in [0.25, 0.3) is 0 Å². The quantitative estimate of drug-likeness (QED) is 0.632. The lowest BCUT2D eigenvalue weighted by Gasteiger charge is -2.21. The summed E-state index contributed by atoms with van der Waals surface area (Å²) in [7, 11) is 0. The first kappa shape index (κ1) is 16.1. The highest BCUT2D eigenvalue weighted by atomic mass is 32.2. The van der Waals surface area contributed by atoms with Crippen LogP contribution in [0.2, 0.25) is 0 Å². The second-order valence-corrected chi connectivity index (χ2v) is 7.08. The third-order valence-electron chi connectivity index (χ3n) is 3.05. The Bertz CT molecular complexity index is 535. The molecular formula is C12H15N3O4S2. The number of rotatable bonds is 6. The summed E-state index contributed by atoms with van der Waals surface area (Å²) in [6.07, 6.45) is 0. The Hall–Kier alpha value is -1.32. The molecule has 0 amide bonds. The molecule has 1 atom stereocenters. The number of hydrogen-bond acceptors (Lipinski definition) is 7. The van der Waals surface area contributed by atoms with E-state index < -0.39 is 9.85 Å². The van der Waals surface area contributed by atoms with Gasteiger partial charge in [-0.15, -0.1) is 0 Å². The lowest BCUT2D eigenvalue weighted by atomic mass is 10.1. The first-order chi connectivity index (χ1) is 10.1. The first-order valence-electron chi connectivity index (χ1n) is 6.39. The molecule has 21 heavy (non-hydrogen) atoms. The Morgan fingerprint density at radius 3 is 2.67 bits per heavy atom. The first-order valence-corrected chi connectivity index (χ1v) is 8.60. The van der Waals surface area contributed by atoms with Crippen molar-refractivity contribution >= 4 is 34.9 Å². The average molecular weight is 329 g/mol. The summed E-state index contributed by atoms with van der Waals surface area (Å²) in [5.74, 6) is 3.39. The summed E-state index contributed by atoms with van der Waals surface area (Å²) in [6.45, 7) is 1.13. The fourth-order valence-corrected chi connectivity index (χ4v) is 4.65. The molecule has 0 saturated carbocycles. The normalized spacial score (nSPS) is 18.4. The van der Waals surface area contributed by atoms with Crippen LogP contribution in [0.5, 0.6) is 0 Å². The number of nitrogens with one attached hydrogen (secondary N) is 1. The van der Waals surface area contributed by atoms with E-state index in [0.717, 1.165) is 24.1 Å². The largest absolute Gasteiger partial charge is 0.311 e. The number of nitro benzene ring substituents is 2. The van der Waals surface area contributed by atoms with E-state index in [2.05, 4.69) is 5.32 Å². The summed E-state index contributed by atoms with van der Waals surface area (Å²) in [6, 6.07) is 3.77. The van der Waals surface area contributed by atoms with Crippen molar-refractivity contribution in [2.75, 3.05) is 23.8 Å². The Morgan fingerprint density at radius 1 is 1.24 bits per heavy atom. The molecule has 0 aliphatic carbocycles. The molecule has 7 nitrogen and oxygen atoms in total. The summed E-state index contributed by atoms with van der Waals surface area (Å²) < 4.78 is 0. The monoisotopic (exact) mass is 329 g/mol. The highest BCUT2D eigenvalue weighted by Gasteiger charge is 2.20. The molecule has 1 aromatic carbocycles. The Morgan fingerprint density at radius 2 is 2.05 bits per heavy atom. The van der Waals surface area contributed by atoms with Crippen LogP contribution >= 0.6 is 23.5 Å². The minimum atomic E-state index is -0.625. The molecule has 1 saturated heterocycles. The van der Waals surface area contributed by atoms with E-state index in [1.54, 1.807) is 0 Å². The molecule has 1 fully saturated rings. The van der Waals surface area contributed by atoms with Crippen molar-refractivity contribution in [3.8, 4) is 0 Å². The molecule has 0 bridgehead atoms. The molecule has 0 aromatic heterocycles. The SMILES string of the molecule is O=[N+]([O-])c1ccc(CNCC2CSCCS2)c([N+](=O)[O-])c1. The molecule has 1 aliphatic rings. The molecule has 1 aliphatic heterocycles. The Balaban J connectivity index is 1.98. The minimum Gasteiger partial charge on any atom is -0.311 e. The van der Waals surface area contributed by atoms with E-state index in [4.69, 9.17) is 0 Å². The Labute approximate surface area is 130 Å². The van der Waals surface area contributed by atoms with Crippen molar-refractivity contribution < 1.29 is 9.85 Å². The van der Waals surface area contributed by atoms with Crippen molar-refractivity contribution in [2.45, 2.75) is 11.8 Å². The molecule has 1 heterocycles. The zero-order chi connectivity index (χ0) is 15.2. The smallest absolute Gasteiger partial charge is 0.280 e. The van der Waals surface area contributed by atoms with Crippen LogP contribution in [0.4, 0.5) is 11.4 Å². The summed E-state index contributed by atoms with van der Waals surface area (Å²) in [5, 5.41) is 25.4. The van der Waals surface area contributed by atoms with E-state index in [0.29, 0.717) is 17.4 Å². The number of nitrogens with zero attached hydrogens (tertiary/aromatic N) is 2. The highest BCUT2D eigenvalue weighted by Crippen LogP contribution is 2.25. The Kier molecular flexibility index (Phi) is 5.83. The third kappa shape index (κ3) is 4.58. The minimum absolute atomic E-state index is 0.206. The second-order valence-electron chi connectivity index (χ2n) is 4.53. The highest BCUT2D eigenvalue weighted by molar-refractivity contribution is 8.06. The van der Waals surface area contributed by atoms with E-state index in [1.165, 1.54) is 17.9 Å². The van der Waals surface area contributed by atoms with Crippen LogP contribution in [-0.2, 0) is 6.54 Å². The van der Waals surface area contributed by atoms with Crippen LogP contribution in [0.3, 0.4) is 0 Å². The molecule has 0 radical (unpaired) electrons. The third-order valence-corrected chi connectivity index (χ3v) is 5.89. The van der Waals surface area contributed by atoms with Crippen molar-refractivity contribution in [3.05, 3.63) is 44.0 Å². The van der Waals surface area contributed by atoms with Crippen LogP contribution in [0.15, 0.2) is 18.2 Å². The molecule has 1 aromatic rings. The molecule has 1 N–H and O–H groups in total. The van der Waals surface area contributed by atoms with E-state index >= 15 is 0 Å². The van der Waals surface area contributed by atoms with Gasteiger partial charge in [-0.05, 0) is 6.07 Å². The molecule has 0 spiro atoms. The van der Waals surface area contributed by atoms with Gasteiger partial charge in [0.1, 0.15) is 0 Å². The summed E-state index contributed by atoms with van der Waals surface area (Å²) in [4.78, 5) is 20.5. The maximum absolute atomic E-state index is 11.0. The maximum Gasteiger partial charge on any atom is 0.280 e. The van der Waals surface area contributed by atoms with Crippen molar-refractivity contribution in [1.82, 2.24) is 5.32 Å². The lowest BCUT2D eigenvalue weighted by Crippen LogP contribution is -2.28. The predicted octanol–water partition coefficient (Wildman–Crippen LogP) is 2.44. The van der Waals surface area contributed by atoms with Crippen molar-refractivity contribution in [2.24, 2.45) is 0 Å². The van der Waals surface area contributed by atoms with E-state index in [9.17, 15) is 20.2 Å². The van der Waals surface area contributed by atoms with Gasteiger partial charge in [0.15, 0.2) is 0 Å². The standard InChI is InChI=1S/C12H15N3O4S2/c16-14(17)10-2-1-9(12(5-10)15(18)19)6-13-7-11-8-20-3-4-21-11/h1-2,5,11,13H,3-4,6-8H2. The van der Waals surface area contributed by atoms with Crippen LogP contribution in [-0.4, -0.2) is 38.9 Å². The number of nitro groups is 2. The molecule has 2 rings (SSSR count).